The number of halogens is 3. The van der Waals surface area contributed by atoms with Crippen LogP contribution in [0.4, 0.5) is 8.78 Å². The van der Waals surface area contributed by atoms with Crippen LogP contribution in [0.1, 0.15) is 23.2 Å². The lowest BCUT2D eigenvalue weighted by Gasteiger charge is -2.13. The summed E-state index contributed by atoms with van der Waals surface area (Å²) >= 11 is 5.67. The van der Waals surface area contributed by atoms with Crippen LogP contribution in [0.3, 0.4) is 0 Å². The van der Waals surface area contributed by atoms with Crippen LogP contribution in [0.15, 0.2) is 6.20 Å². The second-order valence-corrected chi connectivity index (χ2v) is 3.21. The first-order valence-electron chi connectivity index (χ1n) is 4.41. The van der Waals surface area contributed by atoms with E-state index in [-0.39, 0.29) is 17.9 Å². The highest BCUT2D eigenvalue weighted by Gasteiger charge is 2.20. The zero-order chi connectivity index (χ0) is 12.1. The van der Waals surface area contributed by atoms with Crippen molar-refractivity contribution in [1.29, 1.82) is 5.26 Å². The van der Waals surface area contributed by atoms with Gasteiger partial charge < -0.3 is 4.74 Å². The standard InChI is InChI=1S/C10H9ClF2N2O/c1-16-8-5-15-9(10(12)13)6(2-3-14)7(8)4-11/h5,10H,2,4H2,1H3. The second kappa shape index (κ2) is 5.61. The van der Waals surface area contributed by atoms with Crippen molar-refractivity contribution < 1.29 is 13.5 Å². The van der Waals surface area contributed by atoms with E-state index in [4.69, 9.17) is 21.6 Å². The molecule has 1 heterocycles. The number of pyridine rings is 1. The number of aromatic nitrogens is 1. The minimum atomic E-state index is -2.73. The summed E-state index contributed by atoms with van der Waals surface area (Å²) in [5.74, 6) is 0.326. The molecular weight excluding hydrogens is 238 g/mol. The molecule has 0 aromatic carbocycles. The third-order valence-electron chi connectivity index (χ3n) is 2.11. The van der Waals surface area contributed by atoms with Crippen LogP contribution in [-0.4, -0.2) is 12.1 Å². The van der Waals surface area contributed by atoms with E-state index < -0.39 is 12.1 Å². The van der Waals surface area contributed by atoms with E-state index in [0.29, 0.717) is 11.3 Å². The number of hydrogen-bond acceptors (Lipinski definition) is 3. The summed E-state index contributed by atoms with van der Waals surface area (Å²) in [5, 5.41) is 8.60. The minimum absolute atomic E-state index is 0.00241. The Kier molecular flexibility index (Phi) is 4.44. The molecule has 0 N–H and O–H groups in total. The Hall–Kier alpha value is -1.41. The molecular formula is C10H9ClF2N2O. The highest BCUT2D eigenvalue weighted by atomic mass is 35.5. The van der Waals surface area contributed by atoms with Crippen molar-refractivity contribution in [3.05, 3.63) is 23.0 Å². The Morgan fingerprint density at radius 3 is 2.69 bits per heavy atom. The number of alkyl halides is 3. The molecule has 1 aromatic rings. The van der Waals surface area contributed by atoms with Gasteiger partial charge in [-0.3, -0.25) is 4.98 Å². The first kappa shape index (κ1) is 12.7. The largest absolute Gasteiger partial charge is 0.495 e. The van der Waals surface area contributed by atoms with Gasteiger partial charge in [-0.25, -0.2) is 8.78 Å². The zero-order valence-electron chi connectivity index (χ0n) is 8.51. The van der Waals surface area contributed by atoms with E-state index >= 15 is 0 Å². The summed E-state index contributed by atoms with van der Waals surface area (Å²) in [5.41, 5.74) is 0.154. The van der Waals surface area contributed by atoms with Gasteiger partial charge in [-0.1, -0.05) is 0 Å². The van der Waals surface area contributed by atoms with E-state index in [0.717, 1.165) is 0 Å². The van der Waals surface area contributed by atoms with Crippen LogP contribution in [0.2, 0.25) is 0 Å². The first-order valence-corrected chi connectivity index (χ1v) is 4.94. The van der Waals surface area contributed by atoms with Gasteiger partial charge in [0.15, 0.2) is 0 Å². The van der Waals surface area contributed by atoms with Gasteiger partial charge in [0.25, 0.3) is 6.43 Å². The summed E-state index contributed by atoms with van der Waals surface area (Å²) in [6, 6.07) is 1.82. The molecule has 0 aliphatic carbocycles. The Bertz CT molecular complexity index is 418. The molecule has 0 atom stereocenters. The Morgan fingerprint density at radius 2 is 2.25 bits per heavy atom. The monoisotopic (exact) mass is 246 g/mol. The van der Waals surface area contributed by atoms with Gasteiger partial charge in [0.1, 0.15) is 11.4 Å². The SMILES string of the molecule is COc1cnc(C(F)F)c(CC#N)c1CCl. The topological polar surface area (TPSA) is 45.9 Å². The van der Waals surface area contributed by atoms with Crippen molar-refractivity contribution >= 4 is 11.6 Å². The van der Waals surface area contributed by atoms with Gasteiger partial charge in [-0.05, 0) is 0 Å². The number of hydrogen-bond donors (Lipinski definition) is 0. The number of methoxy groups -OCH3 is 1. The summed E-state index contributed by atoms with van der Waals surface area (Å²) < 4.78 is 30.3. The normalized spacial score (nSPS) is 10.2. The third kappa shape index (κ3) is 2.39. The van der Waals surface area contributed by atoms with Crippen molar-refractivity contribution in [1.82, 2.24) is 4.98 Å². The number of nitriles is 1. The van der Waals surface area contributed by atoms with Gasteiger partial charge in [0.05, 0.1) is 31.7 Å². The molecule has 0 spiro atoms. The highest BCUT2D eigenvalue weighted by Crippen LogP contribution is 2.30. The van der Waals surface area contributed by atoms with Gasteiger partial charge in [-0.2, -0.15) is 5.26 Å². The minimum Gasteiger partial charge on any atom is -0.495 e. The summed E-state index contributed by atoms with van der Waals surface area (Å²) in [6.45, 7) is 0. The lowest BCUT2D eigenvalue weighted by molar-refractivity contribution is 0.144. The smallest absolute Gasteiger partial charge is 0.280 e. The average molecular weight is 247 g/mol. The fourth-order valence-corrected chi connectivity index (χ4v) is 1.67. The molecule has 0 fully saturated rings. The summed E-state index contributed by atoms with van der Waals surface area (Å²) in [7, 11) is 1.39. The molecule has 0 saturated carbocycles. The van der Waals surface area contributed by atoms with E-state index in [1.54, 1.807) is 0 Å². The van der Waals surface area contributed by atoms with Crippen molar-refractivity contribution in [3.8, 4) is 11.8 Å². The Labute approximate surface area is 96.6 Å². The average Bonchev–Trinajstić information content (AvgIpc) is 2.28. The maximum absolute atomic E-state index is 12.6. The van der Waals surface area contributed by atoms with Crippen LogP contribution in [-0.2, 0) is 12.3 Å². The highest BCUT2D eigenvalue weighted by molar-refractivity contribution is 6.17. The fraction of sp³-hybridized carbons (Fsp3) is 0.400. The molecule has 0 aliphatic heterocycles. The maximum Gasteiger partial charge on any atom is 0.280 e. The predicted octanol–water partition coefficient (Wildman–Crippen LogP) is 2.83. The molecule has 1 rings (SSSR count). The molecule has 0 radical (unpaired) electrons. The third-order valence-corrected chi connectivity index (χ3v) is 2.38. The Morgan fingerprint density at radius 1 is 1.56 bits per heavy atom. The van der Waals surface area contributed by atoms with Crippen molar-refractivity contribution in [3.63, 3.8) is 0 Å². The van der Waals surface area contributed by atoms with Gasteiger partial charge in [0, 0.05) is 11.1 Å². The van der Waals surface area contributed by atoms with Gasteiger partial charge in [0.2, 0.25) is 0 Å². The molecule has 1 aromatic heterocycles. The Balaban J connectivity index is 3.38. The van der Waals surface area contributed by atoms with Crippen LogP contribution in [0.5, 0.6) is 5.75 Å². The first-order chi connectivity index (χ1) is 7.65. The molecule has 6 heteroatoms. The molecule has 0 aliphatic rings. The van der Waals surface area contributed by atoms with Crippen LogP contribution in [0, 0.1) is 11.3 Å². The molecule has 0 bridgehead atoms. The quantitative estimate of drug-likeness (QED) is 0.768. The van der Waals surface area contributed by atoms with E-state index in [1.807, 2.05) is 6.07 Å². The molecule has 86 valence electrons. The van der Waals surface area contributed by atoms with Crippen LogP contribution in [0.25, 0.3) is 0 Å². The maximum atomic E-state index is 12.6. The van der Waals surface area contributed by atoms with E-state index in [1.165, 1.54) is 13.3 Å². The number of nitrogens with zero attached hydrogens (tertiary/aromatic N) is 2. The molecule has 0 saturated heterocycles. The van der Waals surface area contributed by atoms with Crippen LogP contribution >= 0.6 is 11.6 Å². The molecule has 0 amide bonds. The lowest BCUT2D eigenvalue weighted by atomic mass is 10.0. The van der Waals surface area contributed by atoms with Crippen molar-refractivity contribution in [2.75, 3.05) is 7.11 Å². The lowest BCUT2D eigenvalue weighted by Crippen LogP contribution is -2.04. The zero-order valence-corrected chi connectivity index (χ0v) is 9.26. The molecule has 0 unspecified atom stereocenters. The predicted molar refractivity (Wildman–Crippen MR) is 54.6 cm³/mol. The number of ether oxygens (including phenoxy) is 1. The summed E-state index contributed by atoms with van der Waals surface area (Å²) in [6.07, 6.45) is -1.69. The number of rotatable bonds is 4. The summed E-state index contributed by atoms with van der Waals surface area (Å²) in [4.78, 5) is 3.59. The van der Waals surface area contributed by atoms with Gasteiger partial charge in [-0.15, -0.1) is 11.6 Å². The van der Waals surface area contributed by atoms with Crippen molar-refractivity contribution in [2.24, 2.45) is 0 Å². The molecule has 16 heavy (non-hydrogen) atoms. The molecule has 3 nitrogen and oxygen atoms in total. The van der Waals surface area contributed by atoms with E-state index in [9.17, 15) is 8.78 Å². The van der Waals surface area contributed by atoms with Gasteiger partial charge >= 0.3 is 0 Å². The second-order valence-electron chi connectivity index (χ2n) is 2.94. The van der Waals surface area contributed by atoms with Crippen molar-refractivity contribution in [2.45, 2.75) is 18.7 Å². The fourth-order valence-electron chi connectivity index (χ4n) is 1.37. The van der Waals surface area contributed by atoms with E-state index in [2.05, 4.69) is 4.98 Å². The van der Waals surface area contributed by atoms with Crippen LogP contribution < -0.4 is 4.74 Å².